The van der Waals surface area contributed by atoms with Crippen LogP contribution in [0.2, 0.25) is 0 Å². The Labute approximate surface area is 180 Å². The van der Waals surface area contributed by atoms with Gasteiger partial charge in [0.05, 0.1) is 34.4 Å². The second-order valence-electron chi connectivity index (χ2n) is 7.45. The predicted octanol–water partition coefficient (Wildman–Crippen LogP) is 2.86. The van der Waals surface area contributed by atoms with Crippen molar-refractivity contribution in [1.29, 1.82) is 5.41 Å². The first-order valence-electron chi connectivity index (χ1n) is 9.86. The molecule has 4 N–H and O–H groups in total. The van der Waals surface area contributed by atoms with E-state index in [9.17, 15) is 4.79 Å². The smallest absolute Gasteiger partial charge is 0.244 e. The lowest BCUT2D eigenvalue weighted by atomic mass is 9.83. The van der Waals surface area contributed by atoms with Gasteiger partial charge in [-0.3, -0.25) is 15.3 Å². The van der Waals surface area contributed by atoms with Gasteiger partial charge in [-0.15, -0.1) is 5.10 Å². The molecule has 1 aliphatic heterocycles. The number of ether oxygens (including phenoxy) is 1. The van der Waals surface area contributed by atoms with Gasteiger partial charge >= 0.3 is 0 Å². The van der Waals surface area contributed by atoms with Crippen molar-refractivity contribution in [2.75, 3.05) is 5.84 Å². The van der Waals surface area contributed by atoms with Gasteiger partial charge in [-0.05, 0) is 17.7 Å². The summed E-state index contributed by atoms with van der Waals surface area (Å²) in [5, 5.41) is 16.4. The molecule has 0 aliphatic carbocycles. The van der Waals surface area contributed by atoms with Crippen LogP contribution in [0.15, 0.2) is 76.4 Å². The van der Waals surface area contributed by atoms with Crippen LogP contribution in [0, 0.1) is 5.41 Å². The number of aromatic amines is 1. The van der Waals surface area contributed by atoms with Gasteiger partial charge in [-0.2, -0.15) is 0 Å². The molecule has 0 fully saturated rings. The molecule has 9 heteroatoms. The van der Waals surface area contributed by atoms with Crippen LogP contribution in [0.25, 0.3) is 22.2 Å². The van der Waals surface area contributed by atoms with E-state index < -0.39 is 5.92 Å². The first-order chi connectivity index (χ1) is 15.6. The number of para-hydroxylation sites is 1. The van der Waals surface area contributed by atoms with E-state index in [-0.39, 0.29) is 22.7 Å². The fourth-order valence-corrected chi connectivity index (χ4v) is 4.17. The molecule has 6 rings (SSSR count). The summed E-state index contributed by atoms with van der Waals surface area (Å²) in [7, 11) is 0. The Hall–Kier alpha value is -4.66. The van der Waals surface area contributed by atoms with Crippen molar-refractivity contribution < 1.29 is 9.15 Å². The van der Waals surface area contributed by atoms with Crippen molar-refractivity contribution in [2.24, 2.45) is 0 Å². The minimum absolute atomic E-state index is 0.0292. The average Bonchev–Trinajstić information content (AvgIpc) is 3.25. The summed E-state index contributed by atoms with van der Waals surface area (Å²) in [5.41, 5.74) is 3.11. The number of hydrogen-bond acceptors (Lipinski definition) is 7. The summed E-state index contributed by atoms with van der Waals surface area (Å²) in [4.78, 5) is 17.8. The van der Waals surface area contributed by atoms with E-state index in [1.54, 1.807) is 24.3 Å². The lowest BCUT2D eigenvalue weighted by molar-refractivity contribution is 0.409. The first-order valence-corrected chi connectivity index (χ1v) is 9.86. The maximum absolute atomic E-state index is 13.6. The topological polar surface area (TPSA) is 136 Å². The van der Waals surface area contributed by atoms with Crippen molar-refractivity contribution >= 4 is 11.0 Å². The molecule has 0 spiro atoms. The fraction of sp³-hybridized carbons (Fsp3) is 0.0435. The molecular formula is C23H16N6O3. The third-order valence-corrected chi connectivity index (χ3v) is 5.66. The Morgan fingerprint density at radius 3 is 2.66 bits per heavy atom. The van der Waals surface area contributed by atoms with Crippen LogP contribution >= 0.6 is 0 Å². The van der Waals surface area contributed by atoms with Gasteiger partial charge in [-0.25, -0.2) is 9.66 Å². The highest BCUT2D eigenvalue weighted by molar-refractivity contribution is 5.78. The molecule has 32 heavy (non-hydrogen) atoms. The van der Waals surface area contributed by atoms with Crippen molar-refractivity contribution in [1.82, 2.24) is 19.9 Å². The number of H-pyrrole nitrogens is 1. The van der Waals surface area contributed by atoms with E-state index >= 15 is 0 Å². The van der Waals surface area contributed by atoms with Crippen LogP contribution < -0.4 is 21.5 Å². The molecule has 9 nitrogen and oxygen atoms in total. The number of rotatable bonds is 2. The third-order valence-electron chi connectivity index (χ3n) is 5.66. The standard InChI is InChI=1S/C23H16N6O3/c24-21-18-16(14-10-31-15-9-5-4-8-13(15)20(14)30)17-19(12-6-2-1-3-7-12)27-28-23(17)32-22(18)26-11-29(21)25/h1-11,16,24H,25H2,(H,27,28). The Morgan fingerprint density at radius 2 is 1.81 bits per heavy atom. The van der Waals surface area contributed by atoms with E-state index in [4.69, 9.17) is 20.4 Å². The van der Waals surface area contributed by atoms with Gasteiger partial charge in [0.2, 0.25) is 11.8 Å². The SMILES string of the molecule is N=c1c2c(ncn1N)Oc1n[nH]c(-c3ccccc3)c1C2c1coc2ccccc2c1=O. The van der Waals surface area contributed by atoms with Crippen LogP contribution in [-0.4, -0.2) is 19.9 Å². The molecule has 2 aromatic carbocycles. The number of nitrogens with zero attached hydrogens (tertiary/aromatic N) is 3. The Morgan fingerprint density at radius 1 is 1.03 bits per heavy atom. The number of nitrogens with two attached hydrogens (primary N) is 1. The summed E-state index contributed by atoms with van der Waals surface area (Å²) in [6.07, 6.45) is 2.72. The largest absolute Gasteiger partial charge is 0.464 e. The van der Waals surface area contributed by atoms with Crippen LogP contribution in [0.4, 0.5) is 0 Å². The molecule has 1 aliphatic rings. The Balaban J connectivity index is 1.71. The molecule has 3 aromatic heterocycles. The molecule has 156 valence electrons. The van der Waals surface area contributed by atoms with Gasteiger partial charge in [0, 0.05) is 5.56 Å². The molecule has 1 atom stereocenters. The summed E-state index contributed by atoms with van der Waals surface area (Å²) < 4.78 is 12.8. The number of aromatic nitrogens is 4. The summed E-state index contributed by atoms with van der Waals surface area (Å²) >= 11 is 0. The normalized spacial score (nSPS) is 14.6. The minimum Gasteiger partial charge on any atom is -0.464 e. The molecule has 0 radical (unpaired) electrons. The van der Waals surface area contributed by atoms with E-state index in [1.807, 2.05) is 30.3 Å². The lowest BCUT2D eigenvalue weighted by Gasteiger charge is -2.25. The number of nitrogens with one attached hydrogen (secondary N) is 2. The first kappa shape index (κ1) is 18.1. The molecule has 5 aromatic rings. The number of benzene rings is 2. The van der Waals surface area contributed by atoms with E-state index in [0.29, 0.717) is 33.4 Å². The predicted molar refractivity (Wildman–Crippen MR) is 116 cm³/mol. The van der Waals surface area contributed by atoms with Gasteiger partial charge in [0.25, 0.3) is 0 Å². The molecule has 0 saturated carbocycles. The molecule has 0 amide bonds. The summed E-state index contributed by atoms with van der Waals surface area (Å²) in [6.45, 7) is 0. The highest BCUT2D eigenvalue weighted by Crippen LogP contribution is 2.47. The number of nitrogen functional groups attached to an aromatic ring is 1. The van der Waals surface area contributed by atoms with E-state index in [2.05, 4.69) is 15.2 Å². The second kappa shape index (κ2) is 6.67. The minimum atomic E-state index is -0.723. The van der Waals surface area contributed by atoms with Crippen LogP contribution in [-0.2, 0) is 0 Å². The van der Waals surface area contributed by atoms with Crippen LogP contribution in [0.1, 0.15) is 22.6 Å². The molecule has 4 heterocycles. The maximum Gasteiger partial charge on any atom is 0.244 e. The van der Waals surface area contributed by atoms with E-state index in [1.165, 1.54) is 12.6 Å². The zero-order valence-electron chi connectivity index (χ0n) is 16.6. The second-order valence-corrected chi connectivity index (χ2v) is 7.45. The van der Waals surface area contributed by atoms with Gasteiger partial charge in [0.15, 0.2) is 10.9 Å². The van der Waals surface area contributed by atoms with Crippen LogP contribution in [0.3, 0.4) is 0 Å². The third kappa shape index (κ3) is 2.51. The van der Waals surface area contributed by atoms with Gasteiger partial charge in [-0.1, -0.05) is 42.5 Å². The lowest BCUT2D eigenvalue weighted by Crippen LogP contribution is -2.34. The van der Waals surface area contributed by atoms with Gasteiger partial charge in [0.1, 0.15) is 11.9 Å². The molecular weight excluding hydrogens is 408 g/mol. The fourth-order valence-electron chi connectivity index (χ4n) is 4.17. The Kier molecular flexibility index (Phi) is 3.78. The van der Waals surface area contributed by atoms with Crippen molar-refractivity contribution in [3.05, 3.63) is 99.6 Å². The maximum atomic E-state index is 13.6. The van der Waals surface area contributed by atoms with Crippen molar-refractivity contribution in [3.8, 4) is 23.0 Å². The summed E-state index contributed by atoms with van der Waals surface area (Å²) in [6, 6.07) is 16.6. The van der Waals surface area contributed by atoms with Crippen LogP contribution in [0.5, 0.6) is 11.8 Å². The number of fused-ring (bicyclic) bond motifs is 3. The molecule has 1 unspecified atom stereocenters. The Bertz CT molecular complexity index is 1620. The zero-order valence-corrected chi connectivity index (χ0v) is 16.6. The summed E-state index contributed by atoms with van der Waals surface area (Å²) in [5.74, 6) is 5.68. The quantitative estimate of drug-likeness (QED) is 0.366. The highest BCUT2D eigenvalue weighted by Gasteiger charge is 2.38. The molecule has 0 bridgehead atoms. The zero-order chi connectivity index (χ0) is 21.8. The highest BCUT2D eigenvalue weighted by atomic mass is 16.5. The monoisotopic (exact) mass is 424 g/mol. The van der Waals surface area contributed by atoms with Gasteiger partial charge < -0.3 is 15.0 Å². The molecule has 0 saturated heterocycles. The number of hydrogen-bond donors (Lipinski definition) is 3. The van der Waals surface area contributed by atoms with Crippen molar-refractivity contribution in [3.63, 3.8) is 0 Å². The average molecular weight is 424 g/mol. The van der Waals surface area contributed by atoms with Crippen molar-refractivity contribution in [2.45, 2.75) is 5.92 Å². The van der Waals surface area contributed by atoms with E-state index in [0.717, 1.165) is 10.2 Å².